The van der Waals surface area contributed by atoms with E-state index in [2.05, 4.69) is 0 Å². The first-order chi connectivity index (χ1) is 8.82. The van der Waals surface area contributed by atoms with Crippen LogP contribution in [0.2, 0.25) is 0 Å². The lowest BCUT2D eigenvalue weighted by Crippen LogP contribution is -2.56. The number of hydrogen-bond donors (Lipinski definition) is 5. The highest BCUT2D eigenvalue weighted by atomic mass is 32.2. The molecular formula is C10H15FN2O5S. The first-order valence-corrected chi connectivity index (χ1v) is 6.71. The number of benzene rings is 1. The third-order valence-electron chi connectivity index (χ3n) is 2.56. The average molecular weight is 294 g/mol. The number of aliphatic hydroxyl groups is 3. The van der Waals surface area contributed by atoms with Gasteiger partial charge < -0.3 is 21.1 Å². The SMILES string of the molecule is Nc1c(F)cccc1S(=O)(=O)NC(CO)(CO)CO. The summed E-state index contributed by atoms with van der Waals surface area (Å²) in [4.78, 5) is -0.535. The molecule has 0 unspecified atom stereocenters. The van der Waals surface area contributed by atoms with Gasteiger partial charge in [-0.1, -0.05) is 6.07 Å². The van der Waals surface area contributed by atoms with Crippen LogP contribution in [0.1, 0.15) is 0 Å². The Hall–Kier alpha value is -1.26. The molecule has 6 N–H and O–H groups in total. The van der Waals surface area contributed by atoms with Crippen molar-refractivity contribution in [3.63, 3.8) is 0 Å². The molecule has 0 fully saturated rings. The number of para-hydroxylation sites is 1. The second-order valence-electron chi connectivity index (χ2n) is 4.01. The van der Waals surface area contributed by atoms with Crippen LogP contribution in [0, 0.1) is 5.82 Å². The van der Waals surface area contributed by atoms with Crippen LogP contribution in [0.15, 0.2) is 23.1 Å². The third kappa shape index (κ3) is 3.19. The van der Waals surface area contributed by atoms with E-state index in [0.29, 0.717) is 0 Å². The highest BCUT2D eigenvalue weighted by Crippen LogP contribution is 2.22. The first kappa shape index (κ1) is 15.8. The van der Waals surface area contributed by atoms with Crippen LogP contribution >= 0.6 is 0 Å². The summed E-state index contributed by atoms with van der Waals surface area (Å²) >= 11 is 0. The van der Waals surface area contributed by atoms with E-state index in [-0.39, 0.29) is 0 Å². The number of nitrogen functional groups attached to an aromatic ring is 1. The summed E-state index contributed by atoms with van der Waals surface area (Å²) in [7, 11) is -4.30. The molecule has 0 aromatic heterocycles. The van der Waals surface area contributed by atoms with Crippen LogP contribution < -0.4 is 10.5 Å². The zero-order chi connectivity index (χ0) is 14.7. The number of rotatable bonds is 6. The molecule has 7 nitrogen and oxygen atoms in total. The Balaban J connectivity index is 3.22. The van der Waals surface area contributed by atoms with Crippen molar-refractivity contribution in [1.82, 2.24) is 4.72 Å². The van der Waals surface area contributed by atoms with E-state index >= 15 is 0 Å². The Bertz CT molecular complexity index is 537. The van der Waals surface area contributed by atoms with Gasteiger partial charge in [-0.05, 0) is 12.1 Å². The molecule has 19 heavy (non-hydrogen) atoms. The Morgan fingerprint density at radius 3 is 2.21 bits per heavy atom. The van der Waals surface area contributed by atoms with Crippen molar-refractivity contribution in [3.05, 3.63) is 24.0 Å². The van der Waals surface area contributed by atoms with Gasteiger partial charge in [0.15, 0.2) is 0 Å². The van der Waals surface area contributed by atoms with Crippen LogP contribution in [0.5, 0.6) is 0 Å². The fourth-order valence-corrected chi connectivity index (χ4v) is 2.86. The number of halogens is 1. The van der Waals surface area contributed by atoms with Crippen molar-refractivity contribution in [2.45, 2.75) is 10.4 Å². The maximum absolute atomic E-state index is 13.2. The normalized spacial score (nSPS) is 12.6. The minimum absolute atomic E-state index is 0.535. The quantitative estimate of drug-likeness (QED) is 0.401. The number of anilines is 1. The average Bonchev–Trinajstić information content (AvgIpc) is 2.39. The summed E-state index contributed by atoms with van der Waals surface area (Å²) in [5.41, 5.74) is 2.90. The van der Waals surface area contributed by atoms with Gasteiger partial charge in [0.2, 0.25) is 10.0 Å². The maximum atomic E-state index is 13.2. The van der Waals surface area contributed by atoms with Gasteiger partial charge in [0.25, 0.3) is 0 Å². The van der Waals surface area contributed by atoms with Crippen molar-refractivity contribution in [2.24, 2.45) is 0 Å². The molecule has 0 spiro atoms. The van der Waals surface area contributed by atoms with Crippen LogP contribution in [0.25, 0.3) is 0 Å². The second kappa shape index (κ2) is 5.80. The summed E-state index contributed by atoms with van der Waals surface area (Å²) in [6.45, 7) is -2.52. The molecule has 0 saturated heterocycles. The van der Waals surface area contributed by atoms with E-state index in [4.69, 9.17) is 21.1 Å². The molecule has 1 rings (SSSR count). The van der Waals surface area contributed by atoms with E-state index in [1.807, 2.05) is 4.72 Å². The fourth-order valence-electron chi connectivity index (χ4n) is 1.34. The molecular weight excluding hydrogens is 279 g/mol. The Morgan fingerprint density at radius 2 is 1.74 bits per heavy atom. The van der Waals surface area contributed by atoms with E-state index < -0.39 is 51.8 Å². The van der Waals surface area contributed by atoms with Crippen molar-refractivity contribution in [3.8, 4) is 0 Å². The number of nitrogens with two attached hydrogens (primary N) is 1. The summed E-state index contributed by atoms with van der Waals surface area (Å²) in [6.07, 6.45) is 0. The highest BCUT2D eigenvalue weighted by molar-refractivity contribution is 7.89. The molecule has 0 bridgehead atoms. The van der Waals surface area contributed by atoms with Crippen LogP contribution in [0.3, 0.4) is 0 Å². The molecule has 108 valence electrons. The van der Waals surface area contributed by atoms with Crippen LogP contribution in [-0.4, -0.2) is 49.1 Å². The van der Waals surface area contributed by atoms with E-state index in [9.17, 15) is 12.8 Å². The Labute approximate surface area is 109 Å². The molecule has 0 aliphatic carbocycles. The summed E-state index contributed by atoms with van der Waals surface area (Å²) < 4.78 is 39.2. The van der Waals surface area contributed by atoms with Crippen LogP contribution in [0.4, 0.5) is 10.1 Å². The summed E-state index contributed by atoms with van der Waals surface area (Å²) in [6, 6.07) is 3.21. The molecule has 0 heterocycles. The summed E-state index contributed by atoms with van der Waals surface area (Å²) in [5.74, 6) is -0.912. The largest absolute Gasteiger partial charge is 0.395 e. The van der Waals surface area contributed by atoms with E-state index in [1.165, 1.54) is 0 Å². The van der Waals surface area contributed by atoms with Gasteiger partial charge in [-0.25, -0.2) is 12.8 Å². The van der Waals surface area contributed by atoms with Gasteiger partial charge in [0, 0.05) is 0 Å². The molecule has 0 aliphatic rings. The van der Waals surface area contributed by atoms with Gasteiger partial charge in [-0.15, -0.1) is 0 Å². The van der Waals surface area contributed by atoms with Gasteiger partial charge in [-0.2, -0.15) is 4.72 Å². The molecule has 0 atom stereocenters. The minimum atomic E-state index is -4.30. The minimum Gasteiger partial charge on any atom is -0.395 e. The van der Waals surface area contributed by atoms with Crippen LogP contribution in [-0.2, 0) is 10.0 Å². The molecule has 1 aromatic carbocycles. The zero-order valence-corrected chi connectivity index (χ0v) is 10.7. The lowest BCUT2D eigenvalue weighted by Gasteiger charge is -2.28. The van der Waals surface area contributed by atoms with Gasteiger partial charge >= 0.3 is 0 Å². The third-order valence-corrected chi connectivity index (χ3v) is 4.20. The van der Waals surface area contributed by atoms with Gasteiger partial charge in [0.05, 0.1) is 25.5 Å². The molecule has 0 amide bonds. The number of sulfonamides is 1. The van der Waals surface area contributed by atoms with Crippen molar-refractivity contribution in [1.29, 1.82) is 0 Å². The highest BCUT2D eigenvalue weighted by Gasteiger charge is 2.34. The smallest absolute Gasteiger partial charge is 0.243 e. The number of hydrogen-bond acceptors (Lipinski definition) is 6. The predicted octanol–water partition coefficient (Wildman–Crippen LogP) is -1.60. The lowest BCUT2D eigenvalue weighted by atomic mass is 10.1. The predicted molar refractivity (Wildman–Crippen MR) is 65.1 cm³/mol. The molecule has 1 aromatic rings. The topological polar surface area (TPSA) is 133 Å². The van der Waals surface area contributed by atoms with Crippen molar-refractivity contribution >= 4 is 15.7 Å². The number of nitrogens with one attached hydrogen (secondary N) is 1. The van der Waals surface area contributed by atoms with Gasteiger partial charge in [-0.3, -0.25) is 0 Å². The number of aliphatic hydroxyl groups excluding tert-OH is 3. The molecule has 0 saturated carbocycles. The summed E-state index contributed by atoms with van der Waals surface area (Å²) in [5, 5.41) is 27.2. The monoisotopic (exact) mass is 294 g/mol. The maximum Gasteiger partial charge on any atom is 0.243 e. The Kier molecular flexibility index (Phi) is 4.82. The fraction of sp³-hybridized carbons (Fsp3) is 0.400. The molecule has 0 radical (unpaired) electrons. The van der Waals surface area contributed by atoms with E-state index in [0.717, 1.165) is 18.2 Å². The molecule has 0 aliphatic heterocycles. The zero-order valence-electron chi connectivity index (χ0n) is 9.88. The lowest BCUT2D eigenvalue weighted by molar-refractivity contribution is 0.0582. The molecule has 9 heteroatoms. The second-order valence-corrected chi connectivity index (χ2v) is 5.66. The first-order valence-electron chi connectivity index (χ1n) is 5.22. The standard InChI is InChI=1S/C10H15FN2O5S/c11-7-2-1-3-8(9(7)12)19(17,18)13-10(4-14,5-15)6-16/h1-3,13-16H,4-6,12H2. The van der Waals surface area contributed by atoms with Crippen molar-refractivity contribution < 1.29 is 28.1 Å². The van der Waals surface area contributed by atoms with E-state index in [1.54, 1.807) is 0 Å². The van der Waals surface area contributed by atoms with Crippen molar-refractivity contribution in [2.75, 3.05) is 25.6 Å². The van der Waals surface area contributed by atoms with Gasteiger partial charge in [0.1, 0.15) is 16.3 Å². The Morgan fingerprint density at radius 1 is 1.21 bits per heavy atom.